The quantitative estimate of drug-likeness (QED) is 0.673. The zero-order valence-electron chi connectivity index (χ0n) is 14.8. The number of hydrogen-bond donors (Lipinski definition) is 2. The lowest BCUT2D eigenvalue weighted by Gasteiger charge is -2.18. The van der Waals surface area contributed by atoms with Crippen molar-refractivity contribution in [1.82, 2.24) is 10.6 Å². The summed E-state index contributed by atoms with van der Waals surface area (Å²) in [4.78, 5) is 24.6. The number of carbonyl (C=O) groups is 2. The first-order valence-electron chi connectivity index (χ1n) is 8.47. The van der Waals surface area contributed by atoms with E-state index in [1.807, 2.05) is 54.8 Å². The van der Waals surface area contributed by atoms with E-state index in [4.69, 9.17) is 4.74 Å². The van der Waals surface area contributed by atoms with Crippen molar-refractivity contribution in [2.24, 2.45) is 0 Å². The summed E-state index contributed by atoms with van der Waals surface area (Å²) in [6, 6.07) is 18.2. The lowest BCUT2D eigenvalue weighted by Crippen LogP contribution is -2.48. The molecular formula is C20H24N2O3S. The molecule has 2 rings (SSSR count). The Kier molecular flexibility index (Phi) is 8.55. The molecule has 0 saturated carbocycles. The molecule has 0 unspecified atom stereocenters. The molecule has 5 nitrogen and oxygen atoms in total. The maximum atomic E-state index is 12.5. The Balaban J connectivity index is 1.84. The molecule has 0 spiro atoms. The van der Waals surface area contributed by atoms with Crippen LogP contribution in [0.25, 0.3) is 0 Å². The lowest BCUT2D eigenvalue weighted by molar-refractivity contribution is -0.130. The fourth-order valence-electron chi connectivity index (χ4n) is 2.31. The number of rotatable bonds is 10. The van der Waals surface area contributed by atoms with E-state index in [1.165, 1.54) is 0 Å². The van der Waals surface area contributed by atoms with E-state index in [0.717, 1.165) is 11.3 Å². The van der Waals surface area contributed by atoms with Gasteiger partial charge >= 0.3 is 0 Å². The third-order valence-corrected chi connectivity index (χ3v) is 4.33. The van der Waals surface area contributed by atoms with Gasteiger partial charge in [-0.15, -0.1) is 0 Å². The highest BCUT2D eigenvalue weighted by atomic mass is 32.2. The van der Waals surface area contributed by atoms with Gasteiger partial charge in [0.15, 0.2) is 6.61 Å². The molecule has 0 bridgehead atoms. The summed E-state index contributed by atoms with van der Waals surface area (Å²) < 4.78 is 5.43. The number of ether oxygens (including phenoxy) is 1. The van der Waals surface area contributed by atoms with Crippen LogP contribution < -0.4 is 15.4 Å². The number of para-hydroxylation sites is 1. The van der Waals surface area contributed by atoms with Crippen molar-refractivity contribution in [1.29, 1.82) is 0 Å². The Morgan fingerprint density at radius 2 is 1.69 bits per heavy atom. The van der Waals surface area contributed by atoms with Gasteiger partial charge in [-0.1, -0.05) is 48.5 Å². The van der Waals surface area contributed by atoms with E-state index >= 15 is 0 Å². The van der Waals surface area contributed by atoms with Crippen molar-refractivity contribution in [3.05, 3.63) is 66.2 Å². The van der Waals surface area contributed by atoms with Crippen molar-refractivity contribution >= 4 is 23.6 Å². The minimum absolute atomic E-state index is 0.119. The summed E-state index contributed by atoms with van der Waals surface area (Å²) in [5, 5.41) is 5.65. The van der Waals surface area contributed by atoms with E-state index in [9.17, 15) is 9.59 Å². The summed E-state index contributed by atoms with van der Waals surface area (Å²) in [7, 11) is 0. The largest absolute Gasteiger partial charge is 0.484 e. The molecule has 0 aromatic heterocycles. The second-order valence-corrected chi connectivity index (χ2v) is 6.69. The molecule has 1 atom stereocenters. The summed E-state index contributed by atoms with van der Waals surface area (Å²) in [5.41, 5.74) is 1.02. The van der Waals surface area contributed by atoms with Gasteiger partial charge in [-0.3, -0.25) is 9.59 Å². The van der Waals surface area contributed by atoms with Gasteiger partial charge in [0.05, 0.1) is 0 Å². The van der Waals surface area contributed by atoms with Crippen molar-refractivity contribution in [2.75, 3.05) is 18.6 Å². The van der Waals surface area contributed by atoms with Crippen molar-refractivity contribution < 1.29 is 14.3 Å². The fourth-order valence-corrected chi connectivity index (χ4v) is 2.79. The van der Waals surface area contributed by atoms with Crippen LogP contribution in [0.5, 0.6) is 5.75 Å². The highest BCUT2D eigenvalue weighted by Crippen LogP contribution is 2.08. The molecule has 0 saturated heterocycles. The van der Waals surface area contributed by atoms with Crippen LogP contribution >= 0.6 is 11.8 Å². The first kappa shape index (κ1) is 19.8. The van der Waals surface area contributed by atoms with E-state index in [0.29, 0.717) is 18.7 Å². The number of benzene rings is 2. The van der Waals surface area contributed by atoms with Gasteiger partial charge in [-0.2, -0.15) is 11.8 Å². The van der Waals surface area contributed by atoms with E-state index in [2.05, 4.69) is 10.6 Å². The second kappa shape index (κ2) is 11.2. The molecule has 0 aliphatic carbocycles. The molecule has 0 fully saturated rings. The predicted octanol–water partition coefficient (Wildman–Crippen LogP) is 2.62. The van der Waals surface area contributed by atoms with Crippen LogP contribution in [0.15, 0.2) is 60.7 Å². The van der Waals surface area contributed by atoms with Gasteiger partial charge in [0.25, 0.3) is 5.91 Å². The maximum absolute atomic E-state index is 12.5. The number of carbonyl (C=O) groups excluding carboxylic acids is 2. The number of amides is 2. The second-order valence-electron chi connectivity index (χ2n) is 5.71. The first-order chi connectivity index (χ1) is 12.7. The first-order valence-corrected chi connectivity index (χ1v) is 9.86. The van der Waals surface area contributed by atoms with Gasteiger partial charge in [-0.25, -0.2) is 0 Å². The van der Waals surface area contributed by atoms with E-state index < -0.39 is 6.04 Å². The average molecular weight is 372 g/mol. The molecule has 2 aromatic rings. The average Bonchev–Trinajstić information content (AvgIpc) is 2.69. The van der Waals surface area contributed by atoms with Crippen LogP contribution in [-0.4, -0.2) is 36.5 Å². The Labute approximate surface area is 158 Å². The van der Waals surface area contributed by atoms with Gasteiger partial charge in [0.1, 0.15) is 11.8 Å². The third kappa shape index (κ3) is 7.19. The minimum Gasteiger partial charge on any atom is -0.484 e. The van der Waals surface area contributed by atoms with Gasteiger partial charge in [-0.05, 0) is 36.1 Å². The van der Waals surface area contributed by atoms with Crippen molar-refractivity contribution in [3.8, 4) is 5.75 Å². The standard InChI is InChI=1S/C20H24N2O3S/c1-26-13-12-18(20(24)21-14-16-8-4-2-5-9-16)22-19(23)15-25-17-10-6-3-7-11-17/h2-11,18H,12-15H2,1H3,(H,21,24)(H,22,23)/t18-/m0/s1. The van der Waals surface area contributed by atoms with E-state index in [1.54, 1.807) is 23.9 Å². The zero-order chi connectivity index (χ0) is 18.6. The molecule has 2 amide bonds. The predicted molar refractivity (Wildman–Crippen MR) is 105 cm³/mol. The minimum atomic E-state index is -0.571. The van der Waals surface area contributed by atoms with Crippen LogP contribution in [0.4, 0.5) is 0 Å². The van der Waals surface area contributed by atoms with Crippen molar-refractivity contribution in [3.63, 3.8) is 0 Å². The van der Waals surface area contributed by atoms with Crippen LogP contribution in [0, 0.1) is 0 Å². The van der Waals surface area contributed by atoms with Crippen LogP contribution in [0.3, 0.4) is 0 Å². The van der Waals surface area contributed by atoms with Crippen LogP contribution in [0.1, 0.15) is 12.0 Å². The number of nitrogens with one attached hydrogen (secondary N) is 2. The lowest BCUT2D eigenvalue weighted by atomic mass is 10.2. The molecule has 2 aromatic carbocycles. The number of thioether (sulfide) groups is 1. The molecule has 0 aliphatic heterocycles. The van der Waals surface area contributed by atoms with Crippen LogP contribution in [-0.2, 0) is 16.1 Å². The zero-order valence-corrected chi connectivity index (χ0v) is 15.6. The van der Waals surface area contributed by atoms with Crippen LogP contribution in [0.2, 0.25) is 0 Å². The normalized spacial score (nSPS) is 11.4. The molecule has 26 heavy (non-hydrogen) atoms. The Bertz CT molecular complexity index is 680. The smallest absolute Gasteiger partial charge is 0.258 e. The maximum Gasteiger partial charge on any atom is 0.258 e. The summed E-state index contributed by atoms with van der Waals surface area (Å²) >= 11 is 1.64. The molecule has 6 heteroatoms. The number of hydrogen-bond acceptors (Lipinski definition) is 4. The topological polar surface area (TPSA) is 67.4 Å². The van der Waals surface area contributed by atoms with Gasteiger partial charge in [0.2, 0.25) is 5.91 Å². The summed E-state index contributed by atoms with van der Waals surface area (Å²) in [5.74, 6) is 0.908. The molecule has 0 heterocycles. The third-order valence-electron chi connectivity index (χ3n) is 3.69. The highest BCUT2D eigenvalue weighted by Gasteiger charge is 2.20. The highest BCUT2D eigenvalue weighted by molar-refractivity contribution is 7.98. The molecule has 2 N–H and O–H groups in total. The van der Waals surface area contributed by atoms with E-state index in [-0.39, 0.29) is 18.4 Å². The SMILES string of the molecule is CSCC[C@H](NC(=O)COc1ccccc1)C(=O)NCc1ccccc1. The van der Waals surface area contributed by atoms with Gasteiger partial charge < -0.3 is 15.4 Å². The molecule has 0 aliphatic rings. The Morgan fingerprint density at radius 1 is 1.04 bits per heavy atom. The molecule has 0 radical (unpaired) electrons. The Hall–Kier alpha value is -2.47. The molecular weight excluding hydrogens is 348 g/mol. The van der Waals surface area contributed by atoms with Crippen molar-refractivity contribution in [2.45, 2.75) is 19.0 Å². The fraction of sp³-hybridized carbons (Fsp3) is 0.300. The van der Waals surface area contributed by atoms with Gasteiger partial charge in [0, 0.05) is 6.54 Å². The Morgan fingerprint density at radius 3 is 2.35 bits per heavy atom. The summed E-state index contributed by atoms with van der Waals surface area (Å²) in [6.07, 6.45) is 2.54. The monoisotopic (exact) mass is 372 g/mol. The summed E-state index contributed by atoms with van der Waals surface area (Å²) in [6.45, 7) is 0.317. The molecule has 138 valence electrons.